The number of nitrogens with two attached hydrogens (primary N) is 1. The molecule has 0 radical (unpaired) electrons. The molecule has 3 atom stereocenters. The number of hydrogen-bond acceptors (Lipinski definition) is 4. The molecule has 3 rings (SSSR count). The molecule has 1 aliphatic carbocycles. The van der Waals surface area contributed by atoms with Crippen molar-refractivity contribution in [3.63, 3.8) is 0 Å². The van der Waals surface area contributed by atoms with Gasteiger partial charge in [-0.2, -0.15) is 0 Å². The number of carbonyl (C=O) groups excluding carboxylic acids is 1. The van der Waals surface area contributed by atoms with E-state index in [4.69, 9.17) is 10.5 Å². The molecule has 0 aromatic carbocycles. The standard InChI is InChI=1S/C18H27N3O2/c1-17(2)15-14(5-4-12-23-15)18(17,19)16(22)21(3)11-8-13-6-9-20-10-7-13/h6-7,9-10,14-15H,4-5,8,11-12,19H2,1-3H3. The SMILES string of the molecule is CN(CCc1ccncc1)C(=O)C1(N)C2CCCOC2C1(C)C. The third kappa shape index (κ3) is 2.46. The average Bonchev–Trinajstić information content (AvgIpc) is 2.59. The van der Waals surface area contributed by atoms with Gasteiger partial charge in [-0.25, -0.2) is 0 Å². The zero-order chi connectivity index (χ0) is 16.7. The maximum absolute atomic E-state index is 13.1. The fourth-order valence-corrected chi connectivity index (χ4v) is 4.27. The van der Waals surface area contributed by atoms with E-state index in [9.17, 15) is 4.79 Å². The van der Waals surface area contributed by atoms with E-state index in [0.29, 0.717) is 6.54 Å². The second kappa shape index (κ2) is 5.87. The minimum atomic E-state index is -0.814. The number of hydrogen-bond donors (Lipinski definition) is 1. The van der Waals surface area contributed by atoms with Crippen LogP contribution in [0.4, 0.5) is 0 Å². The summed E-state index contributed by atoms with van der Waals surface area (Å²) in [6, 6.07) is 3.96. The van der Waals surface area contributed by atoms with Crippen LogP contribution in [-0.2, 0) is 16.0 Å². The molecular formula is C18H27N3O2. The smallest absolute Gasteiger partial charge is 0.243 e. The summed E-state index contributed by atoms with van der Waals surface area (Å²) in [5, 5.41) is 0. The Labute approximate surface area is 138 Å². The minimum absolute atomic E-state index is 0.0447. The average molecular weight is 317 g/mol. The highest BCUT2D eigenvalue weighted by Gasteiger charge is 2.70. The van der Waals surface area contributed by atoms with Crippen LogP contribution in [0.3, 0.4) is 0 Å². The molecule has 1 aromatic rings. The first-order valence-electron chi connectivity index (χ1n) is 8.44. The fourth-order valence-electron chi connectivity index (χ4n) is 4.27. The van der Waals surface area contributed by atoms with Gasteiger partial charge in [-0.15, -0.1) is 0 Å². The van der Waals surface area contributed by atoms with Gasteiger partial charge >= 0.3 is 0 Å². The Kier molecular flexibility index (Phi) is 4.19. The number of pyridine rings is 1. The highest BCUT2D eigenvalue weighted by atomic mass is 16.5. The number of fused-ring (bicyclic) bond motifs is 1. The van der Waals surface area contributed by atoms with E-state index >= 15 is 0 Å². The summed E-state index contributed by atoms with van der Waals surface area (Å²) in [6.45, 7) is 5.57. The van der Waals surface area contributed by atoms with Crippen LogP contribution in [0.5, 0.6) is 0 Å². The monoisotopic (exact) mass is 317 g/mol. The molecule has 23 heavy (non-hydrogen) atoms. The third-order valence-corrected chi connectivity index (χ3v) is 5.87. The van der Waals surface area contributed by atoms with Gasteiger partial charge in [-0.3, -0.25) is 9.78 Å². The lowest BCUT2D eigenvalue weighted by Gasteiger charge is -2.65. The molecule has 2 fully saturated rings. The van der Waals surface area contributed by atoms with Crippen LogP contribution >= 0.6 is 0 Å². The summed E-state index contributed by atoms with van der Waals surface area (Å²) in [6.07, 6.45) is 6.45. The van der Waals surface area contributed by atoms with Gasteiger partial charge in [0.1, 0.15) is 5.54 Å². The number of ether oxygens (including phenoxy) is 1. The lowest BCUT2D eigenvalue weighted by Crippen LogP contribution is -2.82. The van der Waals surface area contributed by atoms with E-state index in [1.807, 2.05) is 19.2 Å². The molecule has 1 aromatic heterocycles. The molecule has 1 amide bonds. The van der Waals surface area contributed by atoms with Gasteiger partial charge in [0.05, 0.1) is 6.10 Å². The first kappa shape index (κ1) is 16.4. The van der Waals surface area contributed by atoms with Crippen LogP contribution in [0.2, 0.25) is 0 Å². The molecule has 5 nitrogen and oxygen atoms in total. The molecule has 1 aliphatic heterocycles. The molecule has 2 aliphatic rings. The van der Waals surface area contributed by atoms with Crippen molar-refractivity contribution < 1.29 is 9.53 Å². The van der Waals surface area contributed by atoms with E-state index in [-0.39, 0.29) is 23.3 Å². The Morgan fingerprint density at radius 1 is 1.43 bits per heavy atom. The fraction of sp³-hybridized carbons (Fsp3) is 0.667. The van der Waals surface area contributed by atoms with Crippen molar-refractivity contribution in [1.29, 1.82) is 0 Å². The molecule has 2 heterocycles. The highest BCUT2D eigenvalue weighted by Crippen LogP contribution is 2.57. The number of carbonyl (C=O) groups is 1. The summed E-state index contributed by atoms with van der Waals surface area (Å²) in [5.74, 6) is 0.186. The van der Waals surface area contributed by atoms with Gasteiger partial charge in [0.2, 0.25) is 5.91 Å². The molecule has 5 heteroatoms. The van der Waals surface area contributed by atoms with Crippen molar-refractivity contribution in [2.45, 2.75) is 44.8 Å². The molecule has 3 unspecified atom stereocenters. The first-order valence-corrected chi connectivity index (χ1v) is 8.44. The van der Waals surface area contributed by atoms with Gasteiger partial charge in [-0.1, -0.05) is 13.8 Å². The number of amides is 1. The van der Waals surface area contributed by atoms with Gasteiger partial charge in [0.25, 0.3) is 0 Å². The molecule has 2 N–H and O–H groups in total. The topological polar surface area (TPSA) is 68.5 Å². The summed E-state index contributed by atoms with van der Waals surface area (Å²) >= 11 is 0. The quantitative estimate of drug-likeness (QED) is 0.916. The molecule has 0 bridgehead atoms. The lowest BCUT2D eigenvalue weighted by atomic mass is 9.46. The van der Waals surface area contributed by atoms with Gasteiger partial charge < -0.3 is 15.4 Å². The first-order chi connectivity index (χ1) is 10.9. The van der Waals surface area contributed by atoms with Crippen molar-refractivity contribution in [3.8, 4) is 0 Å². The Morgan fingerprint density at radius 3 is 2.83 bits per heavy atom. The van der Waals surface area contributed by atoms with Crippen molar-refractivity contribution in [3.05, 3.63) is 30.1 Å². The van der Waals surface area contributed by atoms with Crippen LogP contribution in [0.15, 0.2) is 24.5 Å². The highest BCUT2D eigenvalue weighted by molar-refractivity contribution is 5.89. The second-order valence-corrected chi connectivity index (χ2v) is 7.46. The Balaban J connectivity index is 1.68. The van der Waals surface area contributed by atoms with E-state index in [0.717, 1.165) is 25.9 Å². The maximum Gasteiger partial charge on any atom is 0.243 e. The van der Waals surface area contributed by atoms with E-state index in [1.54, 1.807) is 17.3 Å². The third-order valence-electron chi connectivity index (χ3n) is 5.87. The number of aromatic nitrogens is 1. The normalized spacial score (nSPS) is 31.8. The molecule has 126 valence electrons. The van der Waals surface area contributed by atoms with Crippen LogP contribution in [0.1, 0.15) is 32.3 Å². The van der Waals surface area contributed by atoms with Crippen LogP contribution in [0, 0.1) is 11.3 Å². The zero-order valence-corrected chi connectivity index (χ0v) is 14.3. The van der Waals surface area contributed by atoms with E-state index in [2.05, 4.69) is 18.8 Å². The summed E-state index contributed by atoms with van der Waals surface area (Å²) in [7, 11) is 1.85. The van der Waals surface area contributed by atoms with Crippen LogP contribution in [0.25, 0.3) is 0 Å². The molecule has 1 saturated carbocycles. The Bertz CT molecular complexity index is 575. The van der Waals surface area contributed by atoms with Gasteiger partial charge in [0.15, 0.2) is 0 Å². The van der Waals surface area contributed by atoms with Crippen molar-refractivity contribution >= 4 is 5.91 Å². The van der Waals surface area contributed by atoms with Crippen LogP contribution in [-0.4, -0.2) is 47.6 Å². The lowest BCUT2D eigenvalue weighted by molar-refractivity contribution is -0.229. The summed E-state index contributed by atoms with van der Waals surface area (Å²) < 4.78 is 5.89. The minimum Gasteiger partial charge on any atom is -0.377 e. The van der Waals surface area contributed by atoms with Crippen LogP contribution < -0.4 is 5.73 Å². The van der Waals surface area contributed by atoms with Crippen molar-refractivity contribution in [2.75, 3.05) is 20.2 Å². The zero-order valence-electron chi connectivity index (χ0n) is 14.3. The number of rotatable bonds is 4. The molecule has 0 spiro atoms. The maximum atomic E-state index is 13.1. The molecule has 1 saturated heterocycles. The van der Waals surface area contributed by atoms with E-state index in [1.165, 1.54) is 5.56 Å². The Hall–Kier alpha value is -1.46. The predicted molar refractivity (Wildman–Crippen MR) is 88.7 cm³/mol. The van der Waals surface area contributed by atoms with Crippen molar-refractivity contribution in [1.82, 2.24) is 9.88 Å². The Morgan fingerprint density at radius 2 is 2.13 bits per heavy atom. The summed E-state index contributed by atoms with van der Waals surface area (Å²) in [4.78, 5) is 18.9. The molecular weight excluding hydrogens is 290 g/mol. The van der Waals surface area contributed by atoms with Gasteiger partial charge in [-0.05, 0) is 37.0 Å². The van der Waals surface area contributed by atoms with Crippen molar-refractivity contribution in [2.24, 2.45) is 17.1 Å². The number of likely N-dealkylation sites (N-methyl/N-ethyl adjacent to an activating group) is 1. The largest absolute Gasteiger partial charge is 0.377 e. The van der Waals surface area contributed by atoms with Gasteiger partial charge in [0, 0.05) is 43.9 Å². The summed E-state index contributed by atoms with van der Waals surface area (Å²) in [5.41, 5.74) is 6.71. The van der Waals surface area contributed by atoms with E-state index < -0.39 is 5.54 Å². The predicted octanol–water partition coefficient (Wildman–Crippen LogP) is 1.61. The number of nitrogens with zero attached hydrogens (tertiary/aromatic N) is 2. The second-order valence-electron chi connectivity index (χ2n) is 7.46.